The average Bonchev–Trinajstić information content (AvgIpc) is 2.34. The average molecular weight is 286 g/mol. The molecule has 1 aromatic carbocycles. The van der Waals surface area contributed by atoms with Gasteiger partial charge in [-0.2, -0.15) is 0 Å². The molecule has 0 aliphatic rings. The maximum atomic E-state index is 10.8. The molecule has 8 heteroatoms. The molecule has 0 aliphatic heterocycles. The Kier molecular flexibility index (Phi) is 3.59. The normalized spacial score (nSPS) is 10.1. The molecule has 0 unspecified atom stereocenters. The Balaban J connectivity index is 2.39. The molecular weight excluding hydrogens is 281 g/mol. The topological polar surface area (TPSA) is 78.2 Å². The van der Waals surface area contributed by atoms with E-state index in [-0.39, 0.29) is 27.5 Å². The van der Waals surface area contributed by atoms with Crippen molar-refractivity contribution in [2.24, 2.45) is 0 Å². The number of halogens is 2. The van der Waals surface area contributed by atoms with E-state index >= 15 is 0 Å². The van der Waals surface area contributed by atoms with E-state index in [4.69, 9.17) is 27.9 Å². The highest BCUT2D eigenvalue weighted by Gasteiger charge is 2.19. The van der Waals surface area contributed by atoms with Gasteiger partial charge in [0.05, 0.1) is 9.95 Å². The lowest BCUT2D eigenvalue weighted by Gasteiger charge is -2.06. The van der Waals surface area contributed by atoms with Crippen LogP contribution in [0.2, 0.25) is 10.2 Å². The summed E-state index contributed by atoms with van der Waals surface area (Å²) in [6, 6.07) is 7.10. The molecule has 0 N–H and O–H groups in total. The van der Waals surface area contributed by atoms with Crippen molar-refractivity contribution in [2.45, 2.75) is 0 Å². The molecule has 0 saturated heterocycles. The molecule has 1 heterocycles. The zero-order chi connectivity index (χ0) is 13.1. The van der Waals surface area contributed by atoms with Crippen LogP contribution in [0.3, 0.4) is 0 Å². The van der Waals surface area contributed by atoms with Crippen LogP contribution in [0.4, 0.5) is 5.69 Å². The first-order valence-electron chi connectivity index (χ1n) is 4.68. The molecule has 2 rings (SSSR count). The van der Waals surface area contributed by atoms with Crippen molar-refractivity contribution >= 4 is 28.9 Å². The molecular formula is C10H5Cl2N3O3. The minimum absolute atomic E-state index is 0.0654. The quantitative estimate of drug-likeness (QED) is 0.637. The van der Waals surface area contributed by atoms with Gasteiger partial charge in [-0.05, 0) is 12.1 Å². The second-order valence-electron chi connectivity index (χ2n) is 3.14. The van der Waals surface area contributed by atoms with E-state index < -0.39 is 4.92 Å². The largest absolute Gasteiger partial charge is 0.429 e. The molecule has 92 valence electrons. The van der Waals surface area contributed by atoms with Crippen molar-refractivity contribution in [1.82, 2.24) is 10.2 Å². The third kappa shape index (κ3) is 2.66. The van der Waals surface area contributed by atoms with Crippen molar-refractivity contribution in [3.05, 3.63) is 50.6 Å². The Bertz CT molecular complexity index is 589. The van der Waals surface area contributed by atoms with Gasteiger partial charge in [-0.25, -0.2) is 0 Å². The number of nitrogens with zero attached hydrogens (tertiary/aromatic N) is 3. The van der Waals surface area contributed by atoms with Gasteiger partial charge in [-0.1, -0.05) is 29.3 Å². The molecule has 1 aromatic heterocycles. The fourth-order valence-corrected chi connectivity index (χ4v) is 1.51. The summed E-state index contributed by atoms with van der Waals surface area (Å²) >= 11 is 11.4. The summed E-state index contributed by atoms with van der Waals surface area (Å²) in [4.78, 5) is 10.2. The lowest BCUT2D eigenvalue weighted by atomic mass is 10.3. The third-order valence-corrected chi connectivity index (χ3v) is 2.46. The molecule has 0 bridgehead atoms. The van der Waals surface area contributed by atoms with Gasteiger partial charge in [-0.3, -0.25) is 10.1 Å². The predicted octanol–water partition coefficient (Wildman–Crippen LogP) is 3.48. The second-order valence-corrected chi connectivity index (χ2v) is 3.94. The maximum absolute atomic E-state index is 10.8. The molecule has 0 amide bonds. The van der Waals surface area contributed by atoms with E-state index in [1.807, 2.05) is 0 Å². The van der Waals surface area contributed by atoms with E-state index in [1.54, 1.807) is 0 Å². The first kappa shape index (κ1) is 12.5. The highest BCUT2D eigenvalue weighted by molar-refractivity contribution is 6.32. The minimum Gasteiger partial charge on any atom is -0.429 e. The van der Waals surface area contributed by atoms with Gasteiger partial charge in [-0.15, -0.1) is 10.2 Å². The zero-order valence-corrected chi connectivity index (χ0v) is 10.2. The summed E-state index contributed by atoms with van der Waals surface area (Å²) in [6.07, 6.45) is 0. The monoisotopic (exact) mass is 285 g/mol. The van der Waals surface area contributed by atoms with Gasteiger partial charge in [0.15, 0.2) is 5.15 Å². The van der Waals surface area contributed by atoms with E-state index in [9.17, 15) is 10.1 Å². The smallest absolute Gasteiger partial charge is 0.313 e. The summed E-state index contributed by atoms with van der Waals surface area (Å²) in [5.74, 6) is -0.0172. The van der Waals surface area contributed by atoms with E-state index in [1.165, 1.54) is 30.3 Å². The Morgan fingerprint density at radius 2 is 1.94 bits per heavy atom. The number of hydrogen-bond donors (Lipinski definition) is 0. The Morgan fingerprint density at radius 3 is 2.56 bits per heavy atom. The van der Waals surface area contributed by atoms with Gasteiger partial charge >= 0.3 is 5.69 Å². The Hall–Kier alpha value is -1.92. The highest BCUT2D eigenvalue weighted by atomic mass is 35.5. The lowest BCUT2D eigenvalue weighted by Crippen LogP contribution is -1.96. The highest BCUT2D eigenvalue weighted by Crippen LogP contribution is 2.36. The maximum Gasteiger partial charge on any atom is 0.313 e. The van der Waals surface area contributed by atoms with Crippen LogP contribution >= 0.6 is 23.2 Å². The number of nitro benzene ring substituents is 1. The third-order valence-electron chi connectivity index (χ3n) is 1.96. The van der Waals surface area contributed by atoms with Crippen LogP contribution in [0.15, 0.2) is 30.3 Å². The Morgan fingerprint density at radius 1 is 1.17 bits per heavy atom. The first-order valence-corrected chi connectivity index (χ1v) is 5.43. The van der Waals surface area contributed by atoms with Gasteiger partial charge in [0.1, 0.15) is 0 Å². The molecule has 0 atom stereocenters. The summed E-state index contributed by atoms with van der Waals surface area (Å²) in [5, 5.41) is 18.3. The van der Waals surface area contributed by atoms with E-state index in [0.29, 0.717) is 0 Å². The summed E-state index contributed by atoms with van der Waals surface area (Å²) in [5.41, 5.74) is -0.251. The molecule has 0 saturated carbocycles. The van der Waals surface area contributed by atoms with Crippen molar-refractivity contribution in [3.63, 3.8) is 0 Å². The summed E-state index contributed by atoms with van der Waals surface area (Å²) in [6.45, 7) is 0. The predicted molar refractivity (Wildman–Crippen MR) is 65.2 cm³/mol. The molecule has 0 fully saturated rings. The summed E-state index contributed by atoms with van der Waals surface area (Å²) < 4.78 is 5.25. The Labute approximate surface area is 111 Å². The number of nitro groups is 1. The van der Waals surface area contributed by atoms with Crippen LogP contribution in [0.1, 0.15) is 0 Å². The van der Waals surface area contributed by atoms with Gasteiger partial charge < -0.3 is 4.74 Å². The van der Waals surface area contributed by atoms with Gasteiger partial charge in [0.25, 0.3) is 0 Å². The number of ether oxygens (including phenoxy) is 1. The summed E-state index contributed by atoms with van der Waals surface area (Å²) in [7, 11) is 0. The van der Waals surface area contributed by atoms with Gasteiger partial charge in [0, 0.05) is 12.1 Å². The van der Waals surface area contributed by atoms with Crippen molar-refractivity contribution in [2.75, 3.05) is 0 Å². The first-order chi connectivity index (χ1) is 8.58. The van der Waals surface area contributed by atoms with Crippen molar-refractivity contribution in [1.29, 1.82) is 0 Å². The molecule has 18 heavy (non-hydrogen) atoms. The van der Waals surface area contributed by atoms with E-state index in [0.717, 1.165) is 0 Å². The fourth-order valence-electron chi connectivity index (χ4n) is 1.21. The SMILES string of the molecule is O=[N+]([O-])c1cccc(Cl)c1Oc1ccc(Cl)nn1. The molecule has 6 nitrogen and oxygen atoms in total. The lowest BCUT2D eigenvalue weighted by molar-refractivity contribution is -0.385. The van der Waals surface area contributed by atoms with Crippen LogP contribution < -0.4 is 4.74 Å². The molecule has 0 radical (unpaired) electrons. The van der Waals surface area contributed by atoms with Gasteiger partial charge in [0.2, 0.25) is 11.6 Å². The number of aromatic nitrogens is 2. The fraction of sp³-hybridized carbons (Fsp3) is 0. The van der Waals surface area contributed by atoms with E-state index in [2.05, 4.69) is 10.2 Å². The number of para-hydroxylation sites is 1. The molecule has 2 aromatic rings. The van der Waals surface area contributed by atoms with Crippen molar-refractivity contribution < 1.29 is 9.66 Å². The molecule has 0 aliphatic carbocycles. The van der Waals surface area contributed by atoms with Crippen LogP contribution in [0.25, 0.3) is 0 Å². The number of rotatable bonds is 3. The zero-order valence-electron chi connectivity index (χ0n) is 8.71. The number of benzene rings is 1. The second kappa shape index (κ2) is 5.16. The number of hydrogen-bond acceptors (Lipinski definition) is 5. The molecule has 0 spiro atoms. The van der Waals surface area contributed by atoms with Crippen molar-refractivity contribution in [3.8, 4) is 11.6 Å². The minimum atomic E-state index is -0.593. The van der Waals surface area contributed by atoms with Crippen LogP contribution in [-0.4, -0.2) is 15.1 Å². The standard InChI is InChI=1S/C10H5Cl2N3O3/c11-6-2-1-3-7(15(16)17)10(6)18-9-5-4-8(12)13-14-9/h1-5H. The van der Waals surface area contributed by atoms with Crippen LogP contribution in [-0.2, 0) is 0 Å². The van der Waals surface area contributed by atoms with Crippen LogP contribution in [0.5, 0.6) is 11.6 Å². The van der Waals surface area contributed by atoms with Crippen LogP contribution in [0, 0.1) is 10.1 Å².